The fraction of sp³-hybridized carbons (Fsp3) is 0.619. The minimum Gasteiger partial charge on any atom is -0.377 e. The molecule has 6 nitrogen and oxygen atoms in total. The molecule has 2 aromatic heterocycles. The normalized spacial score (nSPS) is 21.9. The first-order valence-electron chi connectivity index (χ1n) is 10.5. The summed E-state index contributed by atoms with van der Waals surface area (Å²) in [6.07, 6.45) is 6.61. The third-order valence-electron chi connectivity index (χ3n) is 5.49. The second-order valence-electron chi connectivity index (χ2n) is 7.89. The topological polar surface area (TPSA) is 68.2 Å². The van der Waals surface area contributed by atoms with Crippen LogP contribution in [0.1, 0.15) is 48.6 Å². The number of amides is 1. The standard InChI is InChI=1S/C21H28N4O2S3/c1-14-9-22-20(28-12-17-6-4-8-27-17)24-19(14)16-5-3-7-25(10-16)18(26)13-30-21-23-15(2)11-29-21/h9,11,16-17H,3-8,10,12-13H2,1-2H3/t16-,17+/m0/s1. The molecule has 2 aliphatic heterocycles. The van der Waals surface area contributed by atoms with E-state index in [0.717, 1.165) is 77.6 Å². The molecule has 2 atom stereocenters. The first-order valence-corrected chi connectivity index (χ1v) is 13.3. The maximum absolute atomic E-state index is 12.8. The minimum absolute atomic E-state index is 0.192. The number of carbonyl (C=O) groups is 1. The summed E-state index contributed by atoms with van der Waals surface area (Å²) in [6.45, 7) is 6.50. The highest BCUT2D eigenvalue weighted by molar-refractivity contribution is 8.01. The molecular weight excluding hydrogens is 436 g/mol. The van der Waals surface area contributed by atoms with Gasteiger partial charge in [-0.3, -0.25) is 4.79 Å². The predicted octanol–water partition coefficient (Wildman–Crippen LogP) is 4.32. The minimum atomic E-state index is 0.192. The van der Waals surface area contributed by atoms with Crippen molar-refractivity contribution >= 4 is 40.8 Å². The largest absolute Gasteiger partial charge is 0.377 e. The van der Waals surface area contributed by atoms with Crippen molar-refractivity contribution in [2.45, 2.75) is 61.0 Å². The molecule has 4 rings (SSSR count). The summed E-state index contributed by atoms with van der Waals surface area (Å²) in [5, 5.41) is 2.85. The van der Waals surface area contributed by atoms with Crippen LogP contribution in [-0.4, -0.2) is 63.1 Å². The van der Waals surface area contributed by atoms with Gasteiger partial charge in [-0.05, 0) is 45.1 Å². The van der Waals surface area contributed by atoms with E-state index in [0.29, 0.717) is 11.9 Å². The zero-order chi connectivity index (χ0) is 20.9. The van der Waals surface area contributed by atoms with Crippen LogP contribution in [0.15, 0.2) is 21.1 Å². The van der Waals surface area contributed by atoms with Crippen molar-refractivity contribution in [1.82, 2.24) is 19.9 Å². The van der Waals surface area contributed by atoms with Crippen LogP contribution in [0.5, 0.6) is 0 Å². The molecule has 0 bridgehead atoms. The summed E-state index contributed by atoms with van der Waals surface area (Å²) in [5.74, 6) is 1.83. The number of thiazole rings is 1. The Morgan fingerprint density at radius 1 is 1.27 bits per heavy atom. The lowest BCUT2D eigenvalue weighted by Crippen LogP contribution is -2.40. The number of rotatable bonds is 7. The number of ether oxygens (including phenoxy) is 1. The second kappa shape index (κ2) is 10.4. The lowest BCUT2D eigenvalue weighted by atomic mass is 9.92. The molecular formula is C21H28N4O2S3. The number of piperidine rings is 1. The molecule has 0 aromatic carbocycles. The molecule has 9 heteroatoms. The second-order valence-corrected chi connectivity index (χ2v) is 11.0. The number of hydrogen-bond acceptors (Lipinski definition) is 8. The predicted molar refractivity (Wildman–Crippen MR) is 123 cm³/mol. The average molecular weight is 465 g/mol. The lowest BCUT2D eigenvalue weighted by Gasteiger charge is -2.33. The third kappa shape index (κ3) is 5.75. The molecule has 2 saturated heterocycles. The highest BCUT2D eigenvalue weighted by atomic mass is 32.2. The van der Waals surface area contributed by atoms with E-state index in [4.69, 9.17) is 9.72 Å². The number of aryl methyl sites for hydroxylation is 2. The molecule has 30 heavy (non-hydrogen) atoms. The summed E-state index contributed by atoms with van der Waals surface area (Å²) in [5.41, 5.74) is 3.23. The Morgan fingerprint density at radius 3 is 2.93 bits per heavy atom. The van der Waals surface area contributed by atoms with Crippen molar-refractivity contribution in [1.29, 1.82) is 0 Å². The lowest BCUT2D eigenvalue weighted by molar-refractivity contribution is -0.129. The third-order valence-corrected chi connectivity index (χ3v) is 8.61. The molecule has 0 spiro atoms. The Labute approximate surface area is 190 Å². The highest BCUT2D eigenvalue weighted by Crippen LogP contribution is 2.30. The monoisotopic (exact) mass is 464 g/mol. The average Bonchev–Trinajstić information content (AvgIpc) is 3.43. The van der Waals surface area contributed by atoms with Crippen molar-refractivity contribution in [2.75, 3.05) is 31.2 Å². The van der Waals surface area contributed by atoms with E-state index in [1.54, 1.807) is 23.1 Å². The fourth-order valence-electron chi connectivity index (χ4n) is 3.90. The van der Waals surface area contributed by atoms with E-state index in [1.165, 1.54) is 11.8 Å². The molecule has 0 radical (unpaired) electrons. The van der Waals surface area contributed by atoms with Gasteiger partial charge in [0.05, 0.1) is 17.6 Å². The van der Waals surface area contributed by atoms with E-state index in [9.17, 15) is 4.79 Å². The number of likely N-dealkylation sites (tertiary alicyclic amines) is 1. The molecule has 1 amide bonds. The highest BCUT2D eigenvalue weighted by Gasteiger charge is 2.27. The van der Waals surface area contributed by atoms with E-state index in [2.05, 4.69) is 16.9 Å². The summed E-state index contributed by atoms with van der Waals surface area (Å²) < 4.78 is 6.68. The summed E-state index contributed by atoms with van der Waals surface area (Å²) >= 11 is 4.83. The number of hydrogen-bond donors (Lipinski definition) is 0. The van der Waals surface area contributed by atoms with Crippen LogP contribution in [0.2, 0.25) is 0 Å². The van der Waals surface area contributed by atoms with Gasteiger partial charge in [-0.2, -0.15) is 0 Å². The number of thioether (sulfide) groups is 2. The first-order chi connectivity index (χ1) is 14.6. The zero-order valence-electron chi connectivity index (χ0n) is 17.5. The molecule has 162 valence electrons. The van der Waals surface area contributed by atoms with E-state index >= 15 is 0 Å². The molecule has 0 saturated carbocycles. The molecule has 0 aliphatic carbocycles. The van der Waals surface area contributed by atoms with Gasteiger partial charge in [0, 0.05) is 48.6 Å². The van der Waals surface area contributed by atoms with E-state index < -0.39 is 0 Å². The van der Waals surface area contributed by atoms with Gasteiger partial charge in [0.2, 0.25) is 5.91 Å². The Morgan fingerprint density at radius 2 is 2.17 bits per heavy atom. The van der Waals surface area contributed by atoms with Crippen LogP contribution < -0.4 is 0 Å². The van der Waals surface area contributed by atoms with Crippen LogP contribution in [-0.2, 0) is 9.53 Å². The molecule has 2 aliphatic rings. The van der Waals surface area contributed by atoms with Gasteiger partial charge in [-0.15, -0.1) is 11.3 Å². The first kappa shape index (κ1) is 22.0. The number of carbonyl (C=O) groups excluding carboxylic acids is 1. The quantitative estimate of drug-likeness (QED) is 0.446. The fourth-order valence-corrected chi connectivity index (χ4v) is 6.54. The van der Waals surface area contributed by atoms with Gasteiger partial charge in [0.25, 0.3) is 0 Å². The maximum atomic E-state index is 12.8. The smallest absolute Gasteiger partial charge is 0.233 e. The molecule has 0 N–H and O–H groups in total. The van der Waals surface area contributed by atoms with Gasteiger partial charge in [0.1, 0.15) is 0 Å². The summed E-state index contributed by atoms with van der Waals surface area (Å²) in [6, 6.07) is 0. The van der Waals surface area contributed by atoms with Crippen LogP contribution in [0.25, 0.3) is 0 Å². The van der Waals surface area contributed by atoms with Gasteiger partial charge >= 0.3 is 0 Å². The molecule has 2 fully saturated rings. The van der Waals surface area contributed by atoms with Crippen LogP contribution in [0.3, 0.4) is 0 Å². The van der Waals surface area contributed by atoms with Crippen LogP contribution >= 0.6 is 34.9 Å². The van der Waals surface area contributed by atoms with Gasteiger partial charge in [-0.25, -0.2) is 15.0 Å². The Balaban J connectivity index is 1.35. The van der Waals surface area contributed by atoms with Gasteiger partial charge in [0.15, 0.2) is 9.50 Å². The van der Waals surface area contributed by atoms with Crippen molar-refractivity contribution in [3.63, 3.8) is 0 Å². The summed E-state index contributed by atoms with van der Waals surface area (Å²) in [7, 11) is 0. The van der Waals surface area contributed by atoms with Crippen molar-refractivity contribution in [2.24, 2.45) is 0 Å². The van der Waals surface area contributed by atoms with Crippen LogP contribution in [0.4, 0.5) is 0 Å². The summed E-state index contributed by atoms with van der Waals surface area (Å²) in [4.78, 5) is 28.6. The van der Waals surface area contributed by atoms with Crippen molar-refractivity contribution in [3.8, 4) is 0 Å². The Hall–Kier alpha value is -1.16. The maximum Gasteiger partial charge on any atom is 0.233 e. The van der Waals surface area contributed by atoms with E-state index in [-0.39, 0.29) is 11.8 Å². The zero-order valence-corrected chi connectivity index (χ0v) is 20.0. The van der Waals surface area contributed by atoms with Crippen molar-refractivity contribution in [3.05, 3.63) is 28.5 Å². The SMILES string of the molecule is Cc1csc(SCC(=O)N2CCC[C@H](c3nc(SC[C@H]4CCCO4)ncc3C)C2)n1. The molecule has 4 heterocycles. The van der Waals surface area contributed by atoms with Gasteiger partial charge in [-0.1, -0.05) is 23.5 Å². The Kier molecular flexibility index (Phi) is 7.67. The number of nitrogens with zero attached hydrogens (tertiary/aromatic N) is 4. The number of aromatic nitrogens is 3. The Bertz CT molecular complexity index is 870. The molecule has 0 unspecified atom stereocenters. The molecule has 2 aromatic rings. The van der Waals surface area contributed by atoms with E-state index in [1.807, 2.05) is 23.4 Å². The van der Waals surface area contributed by atoms with Crippen molar-refractivity contribution < 1.29 is 9.53 Å². The van der Waals surface area contributed by atoms with Gasteiger partial charge < -0.3 is 9.64 Å². The van der Waals surface area contributed by atoms with Crippen LogP contribution in [0, 0.1) is 13.8 Å².